The molecule has 130 valence electrons. The van der Waals surface area contributed by atoms with Crippen molar-refractivity contribution >= 4 is 22.2 Å². The molecule has 1 fully saturated rings. The zero-order valence-electron chi connectivity index (χ0n) is 14.4. The van der Waals surface area contributed by atoms with Gasteiger partial charge >= 0.3 is 0 Å². The van der Waals surface area contributed by atoms with Crippen molar-refractivity contribution in [1.82, 2.24) is 14.7 Å². The molecule has 1 saturated carbocycles. The molecule has 6 nitrogen and oxygen atoms in total. The number of aryl methyl sites for hydroxylation is 1. The highest BCUT2D eigenvalue weighted by Crippen LogP contribution is 2.38. The molecule has 24 heavy (non-hydrogen) atoms. The van der Waals surface area contributed by atoms with Gasteiger partial charge in [0.2, 0.25) is 5.88 Å². The van der Waals surface area contributed by atoms with Gasteiger partial charge < -0.3 is 10.4 Å². The van der Waals surface area contributed by atoms with Gasteiger partial charge in [-0.1, -0.05) is 20.8 Å². The van der Waals surface area contributed by atoms with E-state index >= 15 is 0 Å². The van der Waals surface area contributed by atoms with Crippen molar-refractivity contribution in [3.8, 4) is 5.88 Å². The molecule has 1 aliphatic rings. The second kappa shape index (κ2) is 5.88. The third kappa shape index (κ3) is 3.05. The van der Waals surface area contributed by atoms with Crippen LogP contribution in [-0.2, 0) is 0 Å². The Hall–Kier alpha value is -1.89. The van der Waals surface area contributed by atoms with Gasteiger partial charge in [-0.3, -0.25) is 14.0 Å². The highest BCUT2D eigenvalue weighted by atomic mass is 32.1. The topological polar surface area (TPSA) is 83.7 Å². The molecule has 7 heteroatoms. The Morgan fingerprint density at radius 3 is 2.83 bits per heavy atom. The van der Waals surface area contributed by atoms with E-state index in [0.29, 0.717) is 16.6 Å². The first kappa shape index (κ1) is 17.0. The maximum absolute atomic E-state index is 12.6. The Morgan fingerprint density at radius 1 is 1.46 bits per heavy atom. The first-order valence-electron chi connectivity index (χ1n) is 8.18. The van der Waals surface area contributed by atoms with Crippen LogP contribution in [0.2, 0.25) is 0 Å². The number of carbonyl (C=O) groups excluding carboxylic acids is 1. The lowest BCUT2D eigenvalue weighted by atomic mass is 9.70. The van der Waals surface area contributed by atoms with Crippen molar-refractivity contribution < 1.29 is 9.90 Å². The predicted molar refractivity (Wildman–Crippen MR) is 93.8 cm³/mol. The van der Waals surface area contributed by atoms with E-state index in [-0.39, 0.29) is 17.0 Å². The Morgan fingerprint density at radius 2 is 2.17 bits per heavy atom. The summed E-state index contributed by atoms with van der Waals surface area (Å²) >= 11 is 1.26. The van der Waals surface area contributed by atoms with Crippen LogP contribution in [-0.4, -0.2) is 26.4 Å². The molecule has 3 rings (SSSR count). The summed E-state index contributed by atoms with van der Waals surface area (Å²) in [6, 6.07) is -0.000631. The van der Waals surface area contributed by atoms with Crippen molar-refractivity contribution in [2.45, 2.75) is 53.0 Å². The van der Waals surface area contributed by atoms with Crippen molar-refractivity contribution in [1.29, 1.82) is 0 Å². The summed E-state index contributed by atoms with van der Waals surface area (Å²) in [4.78, 5) is 29.6. The van der Waals surface area contributed by atoms with E-state index in [9.17, 15) is 14.7 Å². The fourth-order valence-electron chi connectivity index (χ4n) is 3.98. The van der Waals surface area contributed by atoms with Crippen molar-refractivity contribution in [3.63, 3.8) is 0 Å². The average molecular weight is 349 g/mol. The number of amides is 1. The number of rotatable bonds is 2. The minimum Gasteiger partial charge on any atom is -0.492 e. The van der Waals surface area contributed by atoms with Gasteiger partial charge in [0.1, 0.15) is 0 Å². The summed E-state index contributed by atoms with van der Waals surface area (Å²) in [5.74, 6) is -0.532. The molecule has 0 saturated heterocycles. The Balaban J connectivity index is 1.92. The largest absolute Gasteiger partial charge is 0.492 e. The molecule has 2 N–H and O–H groups in total. The molecule has 2 aromatic rings. The van der Waals surface area contributed by atoms with Crippen LogP contribution in [0.15, 0.2) is 10.2 Å². The minimum absolute atomic E-state index is 0.000631. The van der Waals surface area contributed by atoms with E-state index < -0.39 is 17.3 Å². The molecule has 0 aliphatic heterocycles. The number of aromatic nitrogens is 2. The molecule has 0 unspecified atom stereocenters. The lowest BCUT2D eigenvalue weighted by Gasteiger charge is -2.39. The molecular formula is C17H23N3O3S. The fraction of sp³-hybridized carbons (Fsp3) is 0.588. The number of hydrogen-bond donors (Lipinski definition) is 2. The summed E-state index contributed by atoms with van der Waals surface area (Å²) < 4.78 is 1.37. The quantitative estimate of drug-likeness (QED) is 0.873. The van der Waals surface area contributed by atoms with Crippen LogP contribution in [0.5, 0.6) is 5.88 Å². The molecule has 0 bridgehead atoms. The van der Waals surface area contributed by atoms with Crippen molar-refractivity contribution in [2.24, 2.45) is 11.3 Å². The third-order valence-electron chi connectivity index (χ3n) is 4.67. The molecule has 0 radical (unpaired) electrons. The number of hydrogen-bond acceptors (Lipinski definition) is 5. The van der Waals surface area contributed by atoms with Gasteiger partial charge in [-0.05, 0) is 37.5 Å². The van der Waals surface area contributed by atoms with Crippen LogP contribution < -0.4 is 10.9 Å². The molecule has 0 aromatic carbocycles. The highest BCUT2D eigenvalue weighted by molar-refractivity contribution is 7.15. The molecule has 1 aliphatic carbocycles. The standard InChI is InChI=1S/C17H23N3O3S/c1-9-5-11(7-17(3,4)6-9)18-13(21)12-14(22)19-16-20(15(12)23)10(2)8-24-16/h8-9,11,22H,5-7H2,1-4H3,(H,18,21)/t9-,11+/m0/s1. The zero-order valence-corrected chi connectivity index (χ0v) is 15.2. The first-order valence-corrected chi connectivity index (χ1v) is 9.06. The first-order chi connectivity index (χ1) is 11.2. The van der Waals surface area contributed by atoms with Crippen LogP contribution in [0.25, 0.3) is 4.96 Å². The molecule has 2 heterocycles. The molecule has 2 atom stereocenters. The summed E-state index contributed by atoms with van der Waals surface area (Å²) in [6.45, 7) is 8.33. The van der Waals surface area contributed by atoms with Crippen molar-refractivity contribution in [2.75, 3.05) is 0 Å². The fourth-order valence-corrected chi connectivity index (χ4v) is 4.84. The lowest BCUT2D eigenvalue weighted by Crippen LogP contribution is -2.44. The Bertz CT molecular complexity index is 853. The van der Waals surface area contributed by atoms with Crippen LogP contribution >= 0.6 is 11.3 Å². The average Bonchev–Trinajstić information content (AvgIpc) is 2.77. The van der Waals surface area contributed by atoms with E-state index in [4.69, 9.17) is 0 Å². The summed E-state index contributed by atoms with van der Waals surface area (Å²) in [5, 5.41) is 14.8. The van der Waals surface area contributed by atoms with Gasteiger partial charge in [-0.2, -0.15) is 4.98 Å². The summed E-state index contributed by atoms with van der Waals surface area (Å²) in [6.07, 6.45) is 2.86. The molecule has 0 spiro atoms. The second-order valence-corrected chi connectivity index (χ2v) is 8.53. The van der Waals surface area contributed by atoms with Gasteiger partial charge in [0.15, 0.2) is 10.5 Å². The number of nitrogens with one attached hydrogen (secondary N) is 1. The predicted octanol–water partition coefficient (Wildman–Crippen LogP) is 2.71. The molecule has 2 aromatic heterocycles. The van der Waals surface area contributed by atoms with Gasteiger partial charge in [0.25, 0.3) is 11.5 Å². The number of aromatic hydroxyl groups is 1. The maximum atomic E-state index is 12.6. The molecule has 1 amide bonds. The Kier molecular flexibility index (Phi) is 4.15. The number of nitrogens with zero attached hydrogens (tertiary/aromatic N) is 2. The van der Waals surface area contributed by atoms with Crippen LogP contribution in [0, 0.1) is 18.3 Å². The van der Waals surface area contributed by atoms with Gasteiger partial charge in [0, 0.05) is 17.1 Å². The summed E-state index contributed by atoms with van der Waals surface area (Å²) in [7, 11) is 0. The van der Waals surface area contributed by atoms with E-state index in [1.165, 1.54) is 15.7 Å². The van der Waals surface area contributed by atoms with Gasteiger partial charge in [0.05, 0.1) is 0 Å². The Labute approximate surface area is 144 Å². The second-order valence-electron chi connectivity index (χ2n) is 7.69. The van der Waals surface area contributed by atoms with Crippen LogP contribution in [0.1, 0.15) is 56.1 Å². The molecular weight excluding hydrogens is 326 g/mol. The van der Waals surface area contributed by atoms with E-state index in [1.807, 2.05) is 0 Å². The van der Waals surface area contributed by atoms with Gasteiger partial charge in [-0.15, -0.1) is 11.3 Å². The monoisotopic (exact) mass is 349 g/mol. The highest BCUT2D eigenvalue weighted by Gasteiger charge is 2.33. The van der Waals surface area contributed by atoms with E-state index in [0.717, 1.165) is 19.3 Å². The van der Waals surface area contributed by atoms with E-state index in [2.05, 4.69) is 31.1 Å². The number of thiazole rings is 1. The van der Waals surface area contributed by atoms with Gasteiger partial charge in [-0.25, -0.2) is 0 Å². The summed E-state index contributed by atoms with van der Waals surface area (Å²) in [5.41, 5.74) is 0.0645. The minimum atomic E-state index is -0.542. The SMILES string of the molecule is Cc1csc2nc(O)c(C(=O)N[C@@H]3C[C@H](C)CC(C)(C)C3)c(=O)n12. The number of carbonyl (C=O) groups is 1. The van der Waals surface area contributed by atoms with Crippen LogP contribution in [0.3, 0.4) is 0 Å². The number of fused-ring (bicyclic) bond motifs is 1. The third-order valence-corrected chi connectivity index (χ3v) is 5.61. The smallest absolute Gasteiger partial charge is 0.275 e. The lowest BCUT2D eigenvalue weighted by molar-refractivity contribution is 0.0869. The van der Waals surface area contributed by atoms with Crippen molar-refractivity contribution in [3.05, 3.63) is 27.0 Å². The maximum Gasteiger partial charge on any atom is 0.275 e. The van der Waals surface area contributed by atoms with E-state index in [1.54, 1.807) is 12.3 Å². The zero-order chi connectivity index (χ0) is 17.6. The van der Waals surface area contributed by atoms with Crippen LogP contribution in [0.4, 0.5) is 0 Å². The normalized spacial score (nSPS) is 23.3.